The molecule has 1 N–H and O–H groups in total. The van der Waals surface area contributed by atoms with Gasteiger partial charge in [0.25, 0.3) is 0 Å². The molecule has 0 bridgehead atoms. The van der Waals surface area contributed by atoms with Gasteiger partial charge in [0.05, 0.1) is 12.7 Å². The maximum absolute atomic E-state index is 11.3. The topological polar surface area (TPSA) is 94.1 Å². The molecule has 1 heterocycles. The van der Waals surface area contributed by atoms with Gasteiger partial charge in [-0.2, -0.15) is 4.98 Å². The summed E-state index contributed by atoms with van der Waals surface area (Å²) in [6.07, 6.45) is 0. The fraction of sp³-hybridized carbons (Fsp3) is 0.231. The van der Waals surface area contributed by atoms with E-state index in [-0.39, 0.29) is 5.97 Å². The smallest absolute Gasteiger partial charge is 0.339 e. The van der Waals surface area contributed by atoms with Crippen molar-refractivity contribution in [3.63, 3.8) is 0 Å². The number of hydrogen-bond donors (Lipinski definition) is 1. The number of nitrogens with zero attached hydrogens (tertiary/aromatic N) is 2. The summed E-state index contributed by atoms with van der Waals surface area (Å²) in [5.41, 5.74) is -0.130. The minimum Gasteiger partial charge on any atom is -0.465 e. The lowest BCUT2D eigenvalue weighted by atomic mass is 10.1. The van der Waals surface area contributed by atoms with E-state index in [0.717, 1.165) is 5.56 Å². The molecule has 0 fully saturated rings. The van der Waals surface area contributed by atoms with E-state index in [1.165, 1.54) is 23.6 Å². The van der Waals surface area contributed by atoms with Crippen LogP contribution < -0.4 is 11.1 Å². The van der Waals surface area contributed by atoms with Gasteiger partial charge in [-0.15, -0.1) is 0 Å². The number of ether oxygens (including phenoxy) is 1. The summed E-state index contributed by atoms with van der Waals surface area (Å²) in [6.45, 7) is 0. The van der Waals surface area contributed by atoms with Crippen molar-refractivity contribution in [2.45, 2.75) is 10.9 Å². The number of carbonyl (C=O) groups is 1. The molecule has 0 atom stereocenters. The normalized spacial score (nSPS) is 10.4. The number of methoxy groups -OCH3 is 1. The van der Waals surface area contributed by atoms with Gasteiger partial charge in [-0.1, -0.05) is 23.9 Å². The van der Waals surface area contributed by atoms with Gasteiger partial charge in [0, 0.05) is 12.8 Å². The quantitative estimate of drug-likeness (QED) is 0.503. The van der Waals surface area contributed by atoms with Crippen molar-refractivity contribution in [2.24, 2.45) is 7.05 Å². The largest absolute Gasteiger partial charge is 0.465 e. The van der Waals surface area contributed by atoms with Crippen LogP contribution in [0.4, 0.5) is 0 Å². The monoisotopic (exact) mass is 307 g/mol. The molecule has 21 heavy (non-hydrogen) atoms. The first-order chi connectivity index (χ1) is 10.0. The molecule has 8 heteroatoms. The number of aryl methyl sites for hydroxylation is 1. The van der Waals surface area contributed by atoms with Crippen molar-refractivity contribution < 1.29 is 9.53 Å². The molecule has 2 rings (SSSR count). The van der Waals surface area contributed by atoms with Gasteiger partial charge in [0.15, 0.2) is 5.16 Å². The van der Waals surface area contributed by atoms with E-state index >= 15 is 0 Å². The number of nitrogens with one attached hydrogen (secondary N) is 1. The Labute approximate surface area is 124 Å². The third-order valence-electron chi connectivity index (χ3n) is 2.69. The number of H-pyrrole nitrogens is 1. The second-order valence-corrected chi connectivity index (χ2v) is 5.12. The highest BCUT2D eigenvalue weighted by Gasteiger charge is 2.07. The molecule has 1 aromatic carbocycles. The zero-order valence-corrected chi connectivity index (χ0v) is 12.3. The van der Waals surface area contributed by atoms with Crippen molar-refractivity contribution in [1.82, 2.24) is 14.8 Å². The second kappa shape index (κ2) is 6.40. The molecular weight excluding hydrogens is 294 g/mol. The minimum atomic E-state index is -0.809. The van der Waals surface area contributed by atoms with Crippen LogP contribution in [-0.4, -0.2) is 27.8 Å². The summed E-state index contributed by atoms with van der Waals surface area (Å²) in [5, 5.41) is 2.79. The molecule has 0 amide bonds. The first-order valence-electron chi connectivity index (χ1n) is 5.98. The molecule has 0 saturated carbocycles. The average Bonchev–Trinajstić information content (AvgIpc) is 2.49. The second-order valence-electron chi connectivity index (χ2n) is 4.18. The number of carbonyl (C=O) groups excluding carboxylic acids is 1. The summed E-state index contributed by atoms with van der Waals surface area (Å²) in [5.74, 6) is 0.159. The third-order valence-corrected chi connectivity index (χ3v) is 3.79. The first kappa shape index (κ1) is 15.0. The summed E-state index contributed by atoms with van der Waals surface area (Å²) in [7, 11) is 2.94. The highest BCUT2D eigenvalue weighted by Crippen LogP contribution is 2.19. The van der Waals surface area contributed by atoms with Gasteiger partial charge >= 0.3 is 17.1 Å². The van der Waals surface area contributed by atoms with E-state index in [0.29, 0.717) is 16.5 Å². The fourth-order valence-electron chi connectivity index (χ4n) is 1.59. The van der Waals surface area contributed by atoms with Crippen LogP contribution in [0.2, 0.25) is 0 Å². The number of esters is 1. The van der Waals surface area contributed by atoms with Crippen molar-refractivity contribution in [3.05, 3.63) is 56.1 Å². The highest BCUT2D eigenvalue weighted by molar-refractivity contribution is 7.98. The van der Waals surface area contributed by atoms with Crippen LogP contribution in [0.5, 0.6) is 0 Å². The Kier molecular flexibility index (Phi) is 4.59. The van der Waals surface area contributed by atoms with E-state index in [1.807, 2.05) is 0 Å². The van der Waals surface area contributed by atoms with Crippen LogP contribution in [0.25, 0.3) is 0 Å². The SMILES string of the molecule is COC(=O)c1ccc(CSc2nc(=O)c(=O)[nH]n2C)cc1. The number of aromatic amines is 1. The van der Waals surface area contributed by atoms with Crippen LogP contribution in [-0.2, 0) is 17.5 Å². The Morgan fingerprint density at radius 2 is 2.00 bits per heavy atom. The van der Waals surface area contributed by atoms with Crippen LogP contribution in [0.1, 0.15) is 15.9 Å². The van der Waals surface area contributed by atoms with Gasteiger partial charge in [-0.3, -0.25) is 19.4 Å². The Hall–Kier alpha value is -2.35. The van der Waals surface area contributed by atoms with Gasteiger partial charge in [-0.05, 0) is 17.7 Å². The first-order valence-corrected chi connectivity index (χ1v) is 6.97. The average molecular weight is 307 g/mol. The molecule has 0 unspecified atom stereocenters. The molecule has 0 saturated heterocycles. The van der Waals surface area contributed by atoms with E-state index < -0.39 is 11.1 Å². The molecule has 0 spiro atoms. The molecule has 2 aromatic rings. The van der Waals surface area contributed by atoms with E-state index in [2.05, 4.69) is 14.8 Å². The van der Waals surface area contributed by atoms with Gasteiger partial charge in [-0.25, -0.2) is 4.79 Å². The molecule has 0 aliphatic carbocycles. The molecule has 0 aliphatic rings. The maximum Gasteiger partial charge on any atom is 0.339 e. The van der Waals surface area contributed by atoms with E-state index in [1.54, 1.807) is 31.3 Å². The molecule has 0 aliphatic heterocycles. The zero-order valence-electron chi connectivity index (χ0n) is 11.5. The molecule has 1 aromatic heterocycles. The van der Waals surface area contributed by atoms with Crippen molar-refractivity contribution in [2.75, 3.05) is 7.11 Å². The summed E-state index contributed by atoms with van der Waals surface area (Å²) < 4.78 is 6.02. The molecule has 110 valence electrons. The van der Waals surface area contributed by atoms with Crippen LogP contribution >= 0.6 is 11.8 Å². The van der Waals surface area contributed by atoms with E-state index in [4.69, 9.17) is 0 Å². The van der Waals surface area contributed by atoms with Gasteiger partial charge in [0.1, 0.15) is 0 Å². The van der Waals surface area contributed by atoms with E-state index in [9.17, 15) is 14.4 Å². The summed E-state index contributed by atoms with van der Waals surface area (Å²) >= 11 is 1.31. The lowest BCUT2D eigenvalue weighted by molar-refractivity contribution is 0.0600. The van der Waals surface area contributed by atoms with Gasteiger partial charge in [0.2, 0.25) is 0 Å². The lowest BCUT2D eigenvalue weighted by Crippen LogP contribution is -2.33. The number of thioether (sulfide) groups is 1. The summed E-state index contributed by atoms with van der Waals surface area (Å²) in [6, 6.07) is 6.92. The number of hydrogen-bond acceptors (Lipinski definition) is 6. The van der Waals surface area contributed by atoms with Crippen molar-refractivity contribution >= 4 is 17.7 Å². The Balaban J connectivity index is 2.10. The van der Waals surface area contributed by atoms with Crippen LogP contribution in [0.3, 0.4) is 0 Å². The predicted octanol–water partition coefficient (Wildman–Crippen LogP) is 0.547. The summed E-state index contributed by atoms with van der Waals surface area (Å²) in [4.78, 5) is 37.3. The highest BCUT2D eigenvalue weighted by atomic mass is 32.2. The van der Waals surface area contributed by atoms with Crippen LogP contribution in [0, 0.1) is 0 Å². The lowest BCUT2D eigenvalue weighted by Gasteiger charge is -2.06. The predicted molar refractivity (Wildman–Crippen MR) is 77.4 cm³/mol. The van der Waals surface area contributed by atoms with Gasteiger partial charge < -0.3 is 4.74 Å². The van der Waals surface area contributed by atoms with Crippen molar-refractivity contribution in [1.29, 1.82) is 0 Å². The van der Waals surface area contributed by atoms with Crippen molar-refractivity contribution in [3.8, 4) is 0 Å². The third kappa shape index (κ3) is 3.60. The zero-order chi connectivity index (χ0) is 15.4. The molecule has 0 radical (unpaired) electrons. The Morgan fingerprint density at radius 3 is 2.62 bits per heavy atom. The molecule has 7 nitrogen and oxygen atoms in total. The maximum atomic E-state index is 11.3. The number of benzene rings is 1. The Bertz CT molecular complexity index is 764. The fourth-order valence-corrected chi connectivity index (χ4v) is 2.47. The van der Waals surface area contributed by atoms with Crippen LogP contribution in [0.15, 0.2) is 39.0 Å². The molecular formula is C13H13N3O4S. The Morgan fingerprint density at radius 1 is 1.33 bits per heavy atom. The number of rotatable bonds is 4. The standard InChI is InChI=1S/C13H13N3O4S/c1-16-13(14-10(17)11(18)15-16)21-7-8-3-5-9(6-4-8)12(19)20-2/h3-6H,7H2,1-2H3,(H,15,18). The number of aromatic nitrogens is 3. The minimum absolute atomic E-state index is 0.390.